The second-order valence-electron chi connectivity index (χ2n) is 4.75. The summed E-state index contributed by atoms with van der Waals surface area (Å²) in [5.74, 6) is 1.15. The van der Waals surface area contributed by atoms with Crippen LogP contribution in [0.15, 0.2) is 6.20 Å². The summed E-state index contributed by atoms with van der Waals surface area (Å²) in [6.45, 7) is 8.38. The summed E-state index contributed by atoms with van der Waals surface area (Å²) in [5, 5.41) is 0. The number of ether oxygens (including phenoxy) is 1. The Morgan fingerprint density at radius 2 is 1.94 bits per heavy atom. The van der Waals surface area contributed by atoms with Crippen molar-refractivity contribution in [1.29, 1.82) is 0 Å². The highest BCUT2D eigenvalue weighted by Crippen LogP contribution is 2.14. The van der Waals surface area contributed by atoms with Gasteiger partial charge in [-0.25, -0.2) is 4.98 Å². The first-order valence-electron chi connectivity index (χ1n) is 6.27. The molecule has 96 valence electrons. The second kappa shape index (κ2) is 5.56. The Hall–Kier alpha value is -1.30. The minimum atomic E-state index is 0.450. The molecule has 18 heavy (non-hydrogen) atoms. The lowest BCUT2D eigenvalue weighted by molar-refractivity contribution is 0.208. The van der Waals surface area contributed by atoms with E-state index in [4.69, 9.17) is 12.6 Å². The van der Waals surface area contributed by atoms with E-state index < -0.39 is 0 Å². The van der Waals surface area contributed by atoms with Crippen molar-refractivity contribution in [2.75, 3.05) is 38.2 Å². The molecule has 0 bridgehead atoms. The lowest BCUT2D eigenvalue weighted by Gasteiger charge is -2.36. The third kappa shape index (κ3) is 2.75. The molecule has 0 amide bonds. The summed E-state index contributed by atoms with van der Waals surface area (Å²) in [6, 6.07) is 0.592. The summed E-state index contributed by atoms with van der Waals surface area (Å²) >= 11 is 0. The zero-order chi connectivity index (χ0) is 13.1. The van der Waals surface area contributed by atoms with Crippen molar-refractivity contribution in [1.82, 2.24) is 14.9 Å². The highest BCUT2D eigenvalue weighted by atomic mass is 16.5. The van der Waals surface area contributed by atoms with Gasteiger partial charge in [0.15, 0.2) is 0 Å². The van der Waals surface area contributed by atoms with Crippen molar-refractivity contribution in [3.63, 3.8) is 0 Å². The van der Waals surface area contributed by atoms with Crippen LogP contribution < -0.4 is 15.1 Å². The Labute approximate surface area is 110 Å². The number of methoxy groups -OCH3 is 1. The molecule has 0 unspecified atom stereocenters. The fraction of sp³-hybridized carbons (Fsp3) is 0.667. The standard InChI is InChI=1S/C12H19BN4O/c1-9(2)16-4-6-17(7-5-16)12-14-8-10(13)11(15-12)18-3/h8-9H,4-7H2,1-3H3. The van der Waals surface area contributed by atoms with Gasteiger partial charge in [-0.15, -0.1) is 0 Å². The molecule has 0 saturated carbocycles. The van der Waals surface area contributed by atoms with Crippen molar-refractivity contribution in [3.05, 3.63) is 6.20 Å². The predicted molar refractivity (Wildman–Crippen MR) is 72.9 cm³/mol. The van der Waals surface area contributed by atoms with E-state index in [9.17, 15) is 0 Å². The molecule has 0 N–H and O–H groups in total. The summed E-state index contributed by atoms with van der Waals surface area (Å²) in [7, 11) is 7.28. The van der Waals surface area contributed by atoms with Crippen molar-refractivity contribution in [2.24, 2.45) is 0 Å². The second-order valence-corrected chi connectivity index (χ2v) is 4.75. The van der Waals surface area contributed by atoms with Crippen LogP contribution in [0.3, 0.4) is 0 Å². The van der Waals surface area contributed by atoms with E-state index in [1.54, 1.807) is 13.3 Å². The van der Waals surface area contributed by atoms with Gasteiger partial charge >= 0.3 is 0 Å². The molecule has 6 heteroatoms. The molecule has 5 nitrogen and oxygen atoms in total. The maximum absolute atomic E-state index is 5.71. The van der Waals surface area contributed by atoms with E-state index in [0.29, 0.717) is 23.3 Å². The van der Waals surface area contributed by atoms with Gasteiger partial charge in [-0.05, 0) is 19.3 Å². The quantitative estimate of drug-likeness (QED) is 0.691. The minimum absolute atomic E-state index is 0.450. The van der Waals surface area contributed by atoms with Crippen LogP contribution in [-0.2, 0) is 0 Å². The van der Waals surface area contributed by atoms with Crippen molar-refractivity contribution in [3.8, 4) is 5.88 Å². The van der Waals surface area contributed by atoms with Gasteiger partial charge in [0.25, 0.3) is 0 Å². The van der Waals surface area contributed by atoms with E-state index >= 15 is 0 Å². The SMILES string of the molecule is [B]c1cnc(N2CCN(C(C)C)CC2)nc1OC. The molecule has 0 spiro atoms. The average molecular weight is 246 g/mol. The molecule has 1 aromatic rings. The summed E-state index contributed by atoms with van der Waals surface area (Å²) in [6.07, 6.45) is 1.61. The smallest absolute Gasteiger partial charge is 0.228 e. The molecule has 1 aliphatic heterocycles. The van der Waals surface area contributed by atoms with Gasteiger partial charge in [0.1, 0.15) is 7.85 Å². The molecular weight excluding hydrogens is 227 g/mol. The van der Waals surface area contributed by atoms with Crippen LogP contribution in [0.5, 0.6) is 5.88 Å². The number of aromatic nitrogens is 2. The van der Waals surface area contributed by atoms with Gasteiger partial charge in [-0.1, -0.05) is 0 Å². The van der Waals surface area contributed by atoms with Crippen LogP contribution in [-0.4, -0.2) is 62.0 Å². The van der Waals surface area contributed by atoms with Crippen LogP contribution in [0.25, 0.3) is 0 Å². The van der Waals surface area contributed by atoms with E-state index in [0.717, 1.165) is 26.2 Å². The molecule has 0 atom stereocenters. The summed E-state index contributed by atoms with van der Waals surface area (Å²) in [4.78, 5) is 13.2. The zero-order valence-electron chi connectivity index (χ0n) is 11.3. The molecule has 2 radical (unpaired) electrons. The van der Waals surface area contributed by atoms with Gasteiger partial charge < -0.3 is 9.64 Å². The Kier molecular flexibility index (Phi) is 4.06. The van der Waals surface area contributed by atoms with Crippen LogP contribution >= 0.6 is 0 Å². The van der Waals surface area contributed by atoms with E-state index in [2.05, 4.69) is 33.6 Å². The molecule has 0 aromatic carbocycles. The zero-order valence-corrected chi connectivity index (χ0v) is 11.3. The molecule has 2 heterocycles. The fourth-order valence-corrected chi connectivity index (χ4v) is 2.12. The number of piperazine rings is 1. The molecule has 1 aromatic heterocycles. The first kappa shape index (κ1) is 13.1. The molecule has 1 aliphatic rings. The number of nitrogens with zero attached hydrogens (tertiary/aromatic N) is 4. The molecule has 0 aliphatic carbocycles. The molecule has 1 fully saturated rings. The highest BCUT2D eigenvalue weighted by molar-refractivity contribution is 6.33. The number of rotatable bonds is 3. The highest BCUT2D eigenvalue weighted by Gasteiger charge is 2.21. The molecule has 2 rings (SSSR count). The first-order valence-corrected chi connectivity index (χ1v) is 6.27. The van der Waals surface area contributed by atoms with Crippen LogP contribution in [0.2, 0.25) is 0 Å². The maximum Gasteiger partial charge on any atom is 0.228 e. The van der Waals surface area contributed by atoms with Gasteiger partial charge in [0, 0.05) is 38.4 Å². The number of anilines is 1. The molecular formula is C12H19BN4O. The summed E-state index contributed by atoms with van der Waals surface area (Å²) < 4.78 is 5.12. The van der Waals surface area contributed by atoms with Gasteiger partial charge in [0.05, 0.1) is 7.11 Å². The Morgan fingerprint density at radius 3 is 2.50 bits per heavy atom. The van der Waals surface area contributed by atoms with Crippen LogP contribution in [0, 0.1) is 0 Å². The average Bonchev–Trinajstić information content (AvgIpc) is 2.39. The number of hydrogen-bond acceptors (Lipinski definition) is 5. The maximum atomic E-state index is 5.71. The normalized spacial score (nSPS) is 17.2. The van der Waals surface area contributed by atoms with Gasteiger partial charge in [0.2, 0.25) is 11.8 Å². The Balaban J connectivity index is 2.05. The first-order chi connectivity index (χ1) is 8.61. The van der Waals surface area contributed by atoms with Crippen LogP contribution in [0.1, 0.15) is 13.8 Å². The van der Waals surface area contributed by atoms with Gasteiger partial charge in [-0.3, -0.25) is 4.90 Å². The monoisotopic (exact) mass is 246 g/mol. The van der Waals surface area contributed by atoms with Crippen molar-refractivity contribution in [2.45, 2.75) is 19.9 Å². The molecule has 1 saturated heterocycles. The Bertz CT molecular complexity index is 405. The van der Waals surface area contributed by atoms with Crippen molar-refractivity contribution >= 4 is 19.3 Å². The van der Waals surface area contributed by atoms with E-state index in [-0.39, 0.29) is 0 Å². The van der Waals surface area contributed by atoms with Crippen molar-refractivity contribution < 1.29 is 4.74 Å². The number of hydrogen-bond donors (Lipinski definition) is 0. The van der Waals surface area contributed by atoms with Gasteiger partial charge in [-0.2, -0.15) is 4.98 Å². The third-order valence-electron chi connectivity index (χ3n) is 3.29. The fourth-order valence-electron chi connectivity index (χ4n) is 2.12. The predicted octanol–water partition coefficient (Wildman–Crippen LogP) is -0.191. The third-order valence-corrected chi connectivity index (χ3v) is 3.29. The largest absolute Gasteiger partial charge is 0.481 e. The van der Waals surface area contributed by atoms with E-state index in [1.807, 2.05) is 0 Å². The lowest BCUT2D eigenvalue weighted by Crippen LogP contribution is -2.49. The lowest BCUT2D eigenvalue weighted by atomic mass is 10.0. The summed E-state index contributed by atoms with van der Waals surface area (Å²) in [5.41, 5.74) is 0.474. The minimum Gasteiger partial charge on any atom is -0.481 e. The van der Waals surface area contributed by atoms with E-state index in [1.165, 1.54) is 0 Å². The van der Waals surface area contributed by atoms with Crippen LogP contribution in [0.4, 0.5) is 5.95 Å². The Morgan fingerprint density at radius 1 is 1.28 bits per heavy atom. The topological polar surface area (TPSA) is 41.5 Å².